The SMILES string of the molecule is CCN1C(=O)/C(=c2\s/c(=C/c3ccc4c(c3)C3CCCC3N4c3cccc(SC)c3)c(=O)n2CC(=O)O)SC1S. The van der Waals surface area contributed by atoms with E-state index in [4.69, 9.17) is 0 Å². The summed E-state index contributed by atoms with van der Waals surface area (Å²) in [6.45, 7) is 1.84. The van der Waals surface area contributed by atoms with Gasteiger partial charge >= 0.3 is 5.97 Å². The van der Waals surface area contributed by atoms with E-state index in [9.17, 15) is 19.5 Å². The van der Waals surface area contributed by atoms with Gasteiger partial charge in [-0.3, -0.25) is 19.0 Å². The number of benzene rings is 2. The molecule has 2 fully saturated rings. The first-order chi connectivity index (χ1) is 19.3. The molecule has 208 valence electrons. The summed E-state index contributed by atoms with van der Waals surface area (Å²) < 4.78 is 1.62. The fraction of sp³-hybridized carbons (Fsp3) is 0.345. The molecule has 0 bridgehead atoms. The maximum atomic E-state index is 13.4. The summed E-state index contributed by atoms with van der Waals surface area (Å²) in [6, 6.07) is 15.4. The van der Waals surface area contributed by atoms with Gasteiger partial charge in [-0.1, -0.05) is 30.3 Å². The molecule has 3 unspecified atom stereocenters. The van der Waals surface area contributed by atoms with Crippen LogP contribution in [-0.4, -0.2) is 50.0 Å². The van der Waals surface area contributed by atoms with E-state index in [1.807, 2.05) is 19.1 Å². The molecule has 2 aromatic carbocycles. The zero-order valence-electron chi connectivity index (χ0n) is 22.1. The summed E-state index contributed by atoms with van der Waals surface area (Å²) in [5.74, 6) is -0.928. The molecule has 1 amide bonds. The Kier molecular flexibility index (Phi) is 7.58. The largest absolute Gasteiger partial charge is 0.480 e. The molecule has 3 aromatic rings. The highest BCUT2D eigenvalue weighted by atomic mass is 32.2. The van der Waals surface area contributed by atoms with E-state index < -0.39 is 18.1 Å². The summed E-state index contributed by atoms with van der Waals surface area (Å²) in [7, 11) is 0. The lowest BCUT2D eigenvalue weighted by molar-refractivity contribution is -0.137. The van der Waals surface area contributed by atoms with Gasteiger partial charge in [0, 0.05) is 34.8 Å². The van der Waals surface area contributed by atoms with Crippen LogP contribution in [0.25, 0.3) is 11.0 Å². The first-order valence-corrected chi connectivity index (χ1v) is 16.6. The number of rotatable bonds is 6. The molecule has 3 heterocycles. The van der Waals surface area contributed by atoms with Crippen LogP contribution in [0.15, 0.2) is 52.2 Å². The molecule has 40 heavy (non-hydrogen) atoms. The lowest BCUT2D eigenvalue weighted by Crippen LogP contribution is -2.35. The third kappa shape index (κ3) is 4.70. The molecule has 1 aliphatic carbocycles. The highest BCUT2D eigenvalue weighted by Crippen LogP contribution is 2.52. The topological polar surface area (TPSA) is 82.9 Å². The lowest BCUT2D eigenvalue weighted by atomic mass is 9.96. The zero-order chi connectivity index (χ0) is 28.1. The standard InChI is InChI=1S/C29H29N3O4S4/c1-3-30-27(36)25(40-29(30)37)28-31(15-24(33)34)26(35)23(39-28)13-16-10-11-22-20(12-16)19-8-5-9-21(19)32(22)17-6-4-7-18(14-17)38-2/h4,6-7,10-14,19,21,29,37H,3,5,8-9,15H2,1-2H3,(H,33,34)/b23-13+,28-25+. The average Bonchev–Trinajstić information content (AvgIpc) is 3.67. The Balaban J connectivity index is 1.46. The third-order valence-electron chi connectivity index (χ3n) is 7.83. The van der Waals surface area contributed by atoms with Crippen LogP contribution in [0.3, 0.4) is 0 Å². The normalized spacial score (nSPS) is 23.7. The van der Waals surface area contributed by atoms with Crippen molar-refractivity contribution in [2.45, 2.75) is 54.3 Å². The Labute approximate surface area is 250 Å². The van der Waals surface area contributed by atoms with Crippen molar-refractivity contribution < 1.29 is 14.7 Å². The number of thiol groups is 1. The van der Waals surface area contributed by atoms with E-state index >= 15 is 0 Å². The number of amides is 1. The Bertz CT molecular complexity index is 1700. The molecule has 3 atom stereocenters. The molecule has 1 N–H and O–H groups in total. The molecule has 11 heteroatoms. The number of fused-ring (bicyclic) bond motifs is 3. The number of anilines is 2. The average molecular weight is 612 g/mol. The van der Waals surface area contributed by atoms with Gasteiger partial charge in [-0.2, -0.15) is 0 Å². The van der Waals surface area contributed by atoms with E-state index in [1.165, 1.54) is 55.9 Å². The lowest BCUT2D eigenvalue weighted by Gasteiger charge is -2.27. The van der Waals surface area contributed by atoms with Crippen LogP contribution < -0.4 is 19.7 Å². The Morgan fingerprint density at radius 2 is 2.02 bits per heavy atom. The van der Waals surface area contributed by atoms with Crippen LogP contribution >= 0.6 is 47.5 Å². The Morgan fingerprint density at radius 3 is 2.75 bits per heavy atom. The molecule has 0 spiro atoms. The monoisotopic (exact) mass is 611 g/mol. The van der Waals surface area contributed by atoms with Crippen molar-refractivity contribution in [2.75, 3.05) is 17.7 Å². The number of hydrogen-bond donors (Lipinski definition) is 2. The van der Waals surface area contributed by atoms with E-state index in [-0.39, 0.29) is 10.6 Å². The molecule has 2 aliphatic heterocycles. The summed E-state index contributed by atoms with van der Waals surface area (Å²) in [5.41, 5.74) is 4.21. The van der Waals surface area contributed by atoms with Crippen molar-refractivity contribution in [3.63, 3.8) is 0 Å². The van der Waals surface area contributed by atoms with Gasteiger partial charge in [0.1, 0.15) is 20.8 Å². The van der Waals surface area contributed by atoms with Gasteiger partial charge in [-0.05, 0) is 73.6 Å². The van der Waals surface area contributed by atoms with E-state index in [0.717, 1.165) is 18.4 Å². The van der Waals surface area contributed by atoms with E-state index in [1.54, 1.807) is 16.7 Å². The first-order valence-electron chi connectivity index (χ1n) is 13.2. The number of carboxylic acid groups (broad SMARTS) is 1. The predicted octanol–water partition coefficient (Wildman–Crippen LogP) is 4.25. The van der Waals surface area contributed by atoms with Crippen molar-refractivity contribution in [3.8, 4) is 0 Å². The molecular weight excluding hydrogens is 583 g/mol. The third-order valence-corrected chi connectivity index (χ3v) is 11.5. The van der Waals surface area contributed by atoms with Crippen molar-refractivity contribution in [3.05, 3.63) is 73.1 Å². The smallest absolute Gasteiger partial charge is 0.323 e. The van der Waals surface area contributed by atoms with Crippen LogP contribution in [0.5, 0.6) is 0 Å². The molecule has 1 saturated carbocycles. The van der Waals surface area contributed by atoms with Gasteiger partial charge in [-0.15, -0.1) is 35.7 Å². The van der Waals surface area contributed by atoms with Crippen LogP contribution in [0.1, 0.15) is 43.2 Å². The molecular formula is C29H29N3O4S4. The van der Waals surface area contributed by atoms with Gasteiger partial charge in [0.15, 0.2) is 0 Å². The van der Waals surface area contributed by atoms with Gasteiger partial charge in [-0.25, -0.2) is 0 Å². The summed E-state index contributed by atoms with van der Waals surface area (Å²) in [4.78, 5) is 43.8. The summed E-state index contributed by atoms with van der Waals surface area (Å²) >= 11 is 8.66. The van der Waals surface area contributed by atoms with Gasteiger partial charge in [0.05, 0.1) is 4.53 Å². The van der Waals surface area contributed by atoms with Crippen molar-refractivity contribution in [1.29, 1.82) is 0 Å². The minimum Gasteiger partial charge on any atom is -0.480 e. The predicted molar refractivity (Wildman–Crippen MR) is 167 cm³/mol. The number of hydrogen-bond acceptors (Lipinski definition) is 8. The van der Waals surface area contributed by atoms with Crippen molar-refractivity contribution >= 4 is 81.7 Å². The molecule has 3 aliphatic rings. The minimum absolute atomic E-state index is 0.227. The molecule has 1 saturated heterocycles. The fourth-order valence-corrected chi connectivity index (χ4v) is 9.43. The number of thiazole rings is 1. The Hall–Kier alpha value is -2.60. The van der Waals surface area contributed by atoms with Crippen LogP contribution in [0.2, 0.25) is 0 Å². The zero-order valence-corrected chi connectivity index (χ0v) is 25.4. The first kappa shape index (κ1) is 27.6. The maximum Gasteiger partial charge on any atom is 0.323 e. The molecule has 7 nitrogen and oxygen atoms in total. The van der Waals surface area contributed by atoms with E-state index in [0.29, 0.717) is 32.6 Å². The van der Waals surface area contributed by atoms with Crippen LogP contribution in [0, 0.1) is 0 Å². The second kappa shape index (κ2) is 11.0. The second-order valence-corrected chi connectivity index (χ2v) is 13.9. The van der Waals surface area contributed by atoms with Gasteiger partial charge < -0.3 is 14.9 Å². The van der Waals surface area contributed by atoms with Gasteiger partial charge in [0.25, 0.3) is 11.5 Å². The summed E-state index contributed by atoms with van der Waals surface area (Å²) in [6.07, 6.45) is 7.37. The number of carbonyl (C=O) groups is 2. The number of thioether (sulfide) groups is 2. The fourth-order valence-electron chi connectivity index (χ4n) is 6.07. The summed E-state index contributed by atoms with van der Waals surface area (Å²) in [5, 5.41) is 9.52. The van der Waals surface area contributed by atoms with Crippen LogP contribution in [-0.2, 0) is 16.1 Å². The number of carboxylic acids is 1. The highest BCUT2D eigenvalue weighted by molar-refractivity contribution is 8.18. The minimum atomic E-state index is -1.13. The maximum absolute atomic E-state index is 13.4. The quantitative estimate of drug-likeness (QED) is 0.319. The number of nitrogens with zero attached hydrogens (tertiary/aromatic N) is 3. The molecule has 6 rings (SSSR count). The van der Waals surface area contributed by atoms with Crippen molar-refractivity contribution in [1.82, 2.24) is 9.47 Å². The van der Waals surface area contributed by atoms with Gasteiger partial charge in [0.2, 0.25) is 0 Å². The number of aromatic nitrogens is 1. The number of carbonyl (C=O) groups excluding carboxylic acids is 1. The van der Waals surface area contributed by atoms with E-state index in [2.05, 4.69) is 60.2 Å². The highest BCUT2D eigenvalue weighted by Gasteiger charge is 2.42. The molecule has 1 aromatic heterocycles. The Morgan fingerprint density at radius 1 is 1.20 bits per heavy atom. The molecule has 0 radical (unpaired) electrons. The van der Waals surface area contributed by atoms with Crippen LogP contribution in [0.4, 0.5) is 11.4 Å². The van der Waals surface area contributed by atoms with Crippen molar-refractivity contribution in [2.24, 2.45) is 0 Å². The second-order valence-electron chi connectivity index (χ2n) is 10.1. The number of aliphatic carboxylic acids is 1.